The molecule has 0 amide bonds. The first-order chi connectivity index (χ1) is 16.9. The normalized spacial score (nSPS) is 10.4. The van der Waals surface area contributed by atoms with Crippen LogP contribution in [0.2, 0.25) is 0 Å². The van der Waals surface area contributed by atoms with Gasteiger partial charge in [0.05, 0.1) is 0 Å². The molecule has 0 radical (unpaired) electrons. The molecule has 36 heavy (non-hydrogen) atoms. The van der Waals surface area contributed by atoms with Gasteiger partial charge in [-0.15, -0.1) is 0 Å². The lowest BCUT2D eigenvalue weighted by molar-refractivity contribution is 0.469. The Balaban J connectivity index is 0.000000458. The van der Waals surface area contributed by atoms with E-state index in [2.05, 4.69) is 155 Å². The van der Waals surface area contributed by atoms with E-state index in [1.54, 1.807) is 0 Å². The van der Waals surface area contributed by atoms with Crippen LogP contribution in [-0.2, 0) is 6.42 Å². The fraction of sp³-hybridized carbons (Fsp3) is 0.500. The van der Waals surface area contributed by atoms with Gasteiger partial charge in [-0.3, -0.25) is 0 Å². The van der Waals surface area contributed by atoms with E-state index in [4.69, 9.17) is 0 Å². The van der Waals surface area contributed by atoms with Gasteiger partial charge in [0.25, 0.3) is 0 Å². The Labute approximate surface area is 225 Å². The average molecular weight is 489 g/mol. The van der Waals surface area contributed by atoms with Gasteiger partial charge in [-0.2, -0.15) is 0 Å². The first kappa shape index (κ1) is 33.7. The predicted molar refractivity (Wildman–Crippen MR) is 165 cm³/mol. The van der Waals surface area contributed by atoms with E-state index in [1.165, 1.54) is 35.1 Å². The highest BCUT2D eigenvalue weighted by Gasteiger charge is 1.97. The van der Waals surface area contributed by atoms with Crippen molar-refractivity contribution in [2.45, 2.75) is 101 Å². The maximum Gasteiger partial charge on any atom is -0.0219 e. The Hall–Kier alpha value is -2.34. The SMILES string of the molecule is CC(C)CC(C)C.CC(C)Cc1ccccc1.CC(C)c1ccccc1.Cc1ccc(C(C)C)cc1. The first-order valence-electron chi connectivity index (χ1n) is 14.1. The van der Waals surface area contributed by atoms with Crippen molar-refractivity contribution < 1.29 is 0 Å². The highest BCUT2D eigenvalue weighted by Crippen LogP contribution is 2.14. The first-order valence-corrected chi connectivity index (χ1v) is 14.1. The Morgan fingerprint density at radius 1 is 0.444 bits per heavy atom. The minimum atomic E-state index is 0.653. The lowest BCUT2D eigenvalue weighted by atomic mass is 10.0. The number of hydrogen-bond acceptors (Lipinski definition) is 0. The van der Waals surface area contributed by atoms with E-state index in [9.17, 15) is 0 Å². The van der Waals surface area contributed by atoms with Crippen molar-refractivity contribution in [3.63, 3.8) is 0 Å². The van der Waals surface area contributed by atoms with Crippen LogP contribution in [-0.4, -0.2) is 0 Å². The van der Waals surface area contributed by atoms with E-state index >= 15 is 0 Å². The summed E-state index contributed by atoms with van der Waals surface area (Å²) in [6, 6.07) is 29.8. The molecule has 0 bridgehead atoms. The Bertz CT molecular complexity index is 847. The van der Waals surface area contributed by atoms with Crippen molar-refractivity contribution in [2.24, 2.45) is 17.8 Å². The Kier molecular flexibility index (Phi) is 18.5. The van der Waals surface area contributed by atoms with Gasteiger partial charge >= 0.3 is 0 Å². The minimum Gasteiger partial charge on any atom is -0.0628 e. The van der Waals surface area contributed by atoms with Crippen LogP contribution in [0.5, 0.6) is 0 Å². The number of benzene rings is 3. The number of aryl methyl sites for hydroxylation is 1. The molecule has 0 unspecified atom stereocenters. The van der Waals surface area contributed by atoms with Crippen LogP contribution in [0.15, 0.2) is 84.9 Å². The molecule has 0 spiro atoms. The second-order valence-electron chi connectivity index (χ2n) is 11.7. The zero-order chi connectivity index (χ0) is 27.5. The zero-order valence-electron chi connectivity index (χ0n) is 25.4. The summed E-state index contributed by atoms with van der Waals surface area (Å²) >= 11 is 0. The topological polar surface area (TPSA) is 0 Å². The summed E-state index contributed by atoms with van der Waals surface area (Å²) in [5, 5.41) is 0. The van der Waals surface area contributed by atoms with Gasteiger partial charge in [-0.25, -0.2) is 0 Å². The van der Waals surface area contributed by atoms with Crippen LogP contribution in [0, 0.1) is 24.7 Å². The maximum atomic E-state index is 2.26. The molecule has 0 aliphatic rings. The van der Waals surface area contributed by atoms with Gasteiger partial charge in [0.15, 0.2) is 0 Å². The van der Waals surface area contributed by atoms with Gasteiger partial charge in [-0.05, 0) is 66.0 Å². The van der Waals surface area contributed by atoms with E-state index < -0.39 is 0 Å². The summed E-state index contributed by atoms with van der Waals surface area (Å²) in [5.41, 5.74) is 5.62. The van der Waals surface area contributed by atoms with Crippen LogP contribution < -0.4 is 0 Å². The third-order valence-corrected chi connectivity index (χ3v) is 5.64. The summed E-state index contributed by atoms with van der Waals surface area (Å²) in [7, 11) is 0. The molecular weight excluding hydrogens is 432 g/mol. The minimum absolute atomic E-state index is 0.653. The highest BCUT2D eigenvalue weighted by atomic mass is 14.0. The van der Waals surface area contributed by atoms with Gasteiger partial charge < -0.3 is 0 Å². The zero-order valence-corrected chi connectivity index (χ0v) is 25.4. The third-order valence-electron chi connectivity index (χ3n) is 5.64. The monoisotopic (exact) mass is 488 g/mol. The molecule has 0 fully saturated rings. The fourth-order valence-electron chi connectivity index (χ4n) is 3.82. The van der Waals surface area contributed by atoms with Crippen molar-refractivity contribution in [1.29, 1.82) is 0 Å². The molecule has 3 aromatic carbocycles. The average Bonchev–Trinajstić information content (AvgIpc) is 2.80. The molecule has 0 nitrogen and oxygen atoms in total. The number of rotatable bonds is 6. The van der Waals surface area contributed by atoms with Gasteiger partial charge in [0, 0.05) is 0 Å². The molecule has 0 heteroatoms. The van der Waals surface area contributed by atoms with Crippen LogP contribution in [0.25, 0.3) is 0 Å². The smallest absolute Gasteiger partial charge is 0.0219 e. The summed E-state index contributed by atoms with van der Waals surface area (Å²) in [5.74, 6) is 3.83. The molecular formula is C36H56. The molecule has 0 aromatic heterocycles. The van der Waals surface area contributed by atoms with Crippen molar-refractivity contribution >= 4 is 0 Å². The number of hydrogen-bond donors (Lipinski definition) is 0. The standard InChI is InChI=1S/2C10H14.C9H12.C7H16/c1-8(2)10-6-4-9(3)5-7-10;1-9(2)8-10-6-4-3-5-7-10;1-8(2)9-6-4-3-5-7-9;1-6(2)5-7(3)4/h4-8H,1-3H3;3-7,9H,8H2,1-2H3;3-8H,1-2H3;6-7H,5H2,1-4H3. The molecule has 0 aliphatic heterocycles. The molecule has 0 atom stereocenters. The lowest BCUT2D eigenvalue weighted by Gasteiger charge is -2.05. The summed E-state index contributed by atoms with van der Waals surface area (Å²) in [4.78, 5) is 0. The summed E-state index contributed by atoms with van der Waals surface area (Å²) < 4.78 is 0. The quantitative estimate of drug-likeness (QED) is 0.323. The molecule has 0 aliphatic carbocycles. The second kappa shape index (κ2) is 19.8. The van der Waals surface area contributed by atoms with Crippen LogP contribution >= 0.6 is 0 Å². The largest absolute Gasteiger partial charge is 0.0628 e. The van der Waals surface area contributed by atoms with Gasteiger partial charge in [0.1, 0.15) is 0 Å². The summed E-state index contributed by atoms with van der Waals surface area (Å²) in [6.45, 7) is 24.5. The molecule has 0 saturated carbocycles. The van der Waals surface area contributed by atoms with Crippen molar-refractivity contribution in [3.05, 3.63) is 107 Å². The molecule has 0 saturated heterocycles. The van der Waals surface area contributed by atoms with Gasteiger partial charge in [-0.1, -0.05) is 160 Å². The highest BCUT2D eigenvalue weighted by molar-refractivity contribution is 5.23. The predicted octanol–water partition coefficient (Wildman–Crippen LogP) is 11.5. The van der Waals surface area contributed by atoms with Crippen LogP contribution in [0.3, 0.4) is 0 Å². The molecule has 3 rings (SSSR count). The maximum absolute atomic E-state index is 2.26. The van der Waals surface area contributed by atoms with Gasteiger partial charge in [0.2, 0.25) is 0 Å². The summed E-state index contributed by atoms with van der Waals surface area (Å²) in [6.07, 6.45) is 2.56. The lowest BCUT2D eigenvalue weighted by Crippen LogP contribution is -1.93. The molecule has 3 aromatic rings. The molecule has 0 N–H and O–H groups in total. The molecule has 200 valence electrons. The molecule has 0 heterocycles. The Morgan fingerprint density at radius 3 is 1.14 bits per heavy atom. The van der Waals surface area contributed by atoms with E-state index in [0.29, 0.717) is 11.8 Å². The van der Waals surface area contributed by atoms with E-state index in [1.807, 2.05) is 6.07 Å². The Morgan fingerprint density at radius 2 is 0.833 bits per heavy atom. The second-order valence-corrected chi connectivity index (χ2v) is 11.7. The van der Waals surface area contributed by atoms with E-state index in [0.717, 1.165) is 17.8 Å². The van der Waals surface area contributed by atoms with Crippen molar-refractivity contribution in [1.82, 2.24) is 0 Å². The fourth-order valence-corrected chi connectivity index (χ4v) is 3.82. The van der Waals surface area contributed by atoms with Crippen LogP contribution in [0.1, 0.15) is 110 Å². The van der Waals surface area contributed by atoms with Crippen molar-refractivity contribution in [3.8, 4) is 0 Å². The van der Waals surface area contributed by atoms with Crippen molar-refractivity contribution in [2.75, 3.05) is 0 Å². The van der Waals surface area contributed by atoms with Crippen LogP contribution in [0.4, 0.5) is 0 Å². The third kappa shape index (κ3) is 18.9. The van der Waals surface area contributed by atoms with E-state index in [-0.39, 0.29) is 0 Å².